The third-order valence-corrected chi connectivity index (χ3v) is 13.6. The summed E-state index contributed by atoms with van der Waals surface area (Å²) in [6.07, 6.45) is 0. The van der Waals surface area contributed by atoms with Gasteiger partial charge in [0.2, 0.25) is 0 Å². The minimum atomic E-state index is -0.245. The minimum Gasteiger partial charge on any atom is -0.309 e. The zero-order valence-corrected chi connectivity index (χ0v) is 34.1. The molecule has 57 heavy (non-hydrogen) atoms. The van der Waals surface area contributed by atoms with Gasteiger partial charge in [0, 0.05) is 32.6 Å². The van der Waals surface area contributed by atoms with E-state index in [0.29, 0.717) is 0 Å². The van der Waals surface area contributed by atoms with E-state index in [1.807, 2.05) is 0 Å². The zero-order valence-electron chi connectivity index (χ0n) is 34.1. The predicted molar refractivity (Wildman–Crippen MR) is 246 cm³/mol. The van der Waals surface area contributed by atoms with E-state index in [4.69, 9.17) is 0 Å². The van der Waals surface area contributed by atoms with Crippen molar-refractivity contribution in [3.05, 3.63) is 156 Å². The molecule has 0 amide bonds. The van der Waals surface area contributed by atoms with Gasteiger partial charge in [-0.2, -0.15) is 0 Å². The summed E-state index contributed by atoms with van der Waals surface area (Å²) in [5.41, 5.74) is 12.9. The van der Waals surface area contributed by atoms with E-state index in [-0.39, 0.29) is 16.2 Å². The van der Waals surface area contributed by atoms with Crippen molar-refractivity contribution >= 4 is 86.7 Å². The van der Waals surface area contributed by atoms with E-state index in [0.717, 1.165) is 0 Å². The lowest BCUT2D eigenvalue weighted by Gasteiger charge is -2.37. The quantitative estimate of drug-likeness (QED) is 0.149. The predicted octanol–water partition coefficient (Wildman–Crippen LogP) is 15.2. The van der Waals surface area contributed by atoms with Gasteiger partial charge in [0.25, 0.3) is 0 Å². The summed E-state index contributed by atoms with van der Waals surface area (Å²) in [6, 6.07) is 51.5. The lowest BCUT2D eigenvalue weighted by atomic mass is 9.70. The van der Waals surface area contributed by atoms with Gasteiger partial charge in [-0.15, -0.1) is 0 Å². The molecular weight excluding hydrogens is 689 g/mol. The monoisotopic (exact) mass is 734 g/mol. The van der Waals surface area contributed by atoms with E-state index in [1.165, 1.54) is 120 Å². The molecule has 0 spiro atoms. The lowest BCUT2D eigenvalue weighted by Crippen LogP contribution is -2.28. The van der Waals surface area contributed by atoms with Gasteiger partial charge in [0.15, 0.2) is 0 Å². The number of benzene rings is 9. The standard InChI is InChI=1S/C55H46N2/c1-53(2,3)36-23-33-17-18-35-26-48-51(40-22-20-34(24-36)49(33)50(35)40)55(7,8)44-28-37(54(4,5)6)27-43-42-29-41-39-15-11-12-16-45(39)56(46(41)30-47(42)57(48)52(43)44)38-21-19-31-13-9-10-14-32(31)25-38/h9-30H,1-8H3. The highest BCUT2D eigenvalue weighted by Crippen LogP contribution is 2.54. The molecule has 0 fully saturated rings. The molecule has 0 aliphatic carbocycles. The summed E-state index contributed by atoms with van der Waals surface area (Å²) >= 11 is 0. The molecule has 0 saturated carbocycles. The van der Waals surface area contributed by atoms with Crippen LogP contribution in [0.3, 0.4) is 0 Å². The summed E-state index contributed by atoms with van der Waals surface area (Å²) < 4.78 is 5.13. The minimum absolute atomic E-state index is 0.0148. The zero-order chi connectivity index (χ0) is 38.9. The largest absolute Gasteiger partial charge is 0.309 e. The van der Waals surface area contributed by atoms with Crippen LogP contribution in [-0.4, -0.2) is 9.13 Å². The molecule has 2 aromatic heterocycles. The van der Waals surface area contributed by atoms with Crippen molar-refractivity contribution in [1.82, 2.24) is 9.13 Å². The van der Waals surface area contributed by atoms with Gasteiger partial charge in [-0.1, -0.05) is 146 Å². The van der Waals surface area contributed by atoms with Gasteiger partial charge in [0.05, 0.1) is 27.8 Å². The summed E-state index contributed by atoms with van der Waals surface area (Å²) in [5.74, 6) is 0. The molecule has 0 bridgehead atoms. The molecule has 2 nitrogen and oxygen atoms in total. The maximum Gasteiger partial charge on any atom is 0.0582 e. The highest BCUT2D eigenvalue weighted by atomic mass is 15.0. The first-order valence-corrected chi connectivity index (χ1v) is 20.6. The molecule has 0 atom stereocenters. The average molecular weight is 735 g/mol. The van der Waals surface area contributed by atoms with Crippen molar-refractivity contribution in [2.45, 2.75) is 71.6 Å². The SMILES string of the molecule is CC(C)(C)c1cc2ccc3cc4c(c5ccc(c1)c2c35)C(C)(C)c1cc(C(C)(C)C)cc2c3cc5c6ccccc6n(-c6ccc7ccccc7c6)c5cc3n-4c12. The molecule has 276 valence electrons. The first-order chi connectivity index (χ1) is 27.3. The van der Waals surface area contributed by atoms with E-state index in [9.17, 15) is 0 Å². The normalized spacial score (nSPS) is 14.5. The molecule has 9 aromatic carbocycles. The molecule has 2 heteroatoms. The van der Waals surface area contributed by atoms with Crippen LogP contribution in [0.2, 0.25) is 0 Å². The van der Waals surface area contributed by atoms with Crippen molar-refractivity contribution in [2.75, 3.05) is 0 Å². The first kappa shape index (κ1) is 33.1. The van der Waals surface area contributed by atoms with Gasteiger partial charge in [-0.25, -0.2) is 0 Å². The molecule has 11 aromatic rings. The summed E-state index contributed by atoms with van der Waals surface area (Å²) in [7, 11) is 0. The van der Waals surface area contributed by atoms with Gasteiger partial charge >= 0.3 is 0 Å². The van der Waals surface area contributed by atoms with Crippen LogP contribution in [-0.2, 0) is 16.2 Å². The number of aromatic nitrogens is 2. The van der Waals surface area contributed by atoms with Crippen LogP contribution in [0.5, 0.6) is 0 Å². The van der Waals surface area contributed by atoms with E-state index < -0.39 is 0 Å². The molecule has 1 aliphatic heterocycles. The Kier molecular flexibility index (Phi) is 6.17. The Morgan fingerprint density at radius 3 is 1.79 bits per heavy atom. The van der Waals surface area contributed by atoms with Crippen LogP contribution in [0.15, 0.2) is 133 Å². The first-order valence-electron chi connectivity index (χ1n) is 20.6. The Morgan fingerprint density at radius 1 is 0.421 bits per heavy atom. The number of hydrogen-bond donors (Lipinski definition) is 0. The van der Waals surface area contributed by atoms with Gasteiger partial charge in [0.1, 0.15) is 0 Å². The molecule has 12 rings (SSSR count). The van der Waals surface area contributed by atoms with Gasteiger partial charge < -0.3 is 9.13 Å². The van der Waals surface area contributed by atoms with Crippen molar-refractivity contribution < 1.29 is 0 Å². The Labute approximate surface area is 333 Å². The van der Waals surface area contributed by atoms with E-state index >= 15 is 0 Å². The van der Waals surface area contributed by atoms with E-state index in [1.54, 1.807) is 0 Å². The van der Waals surface area contributed by atoms with E-state index in [2.05, 4.69) is 198 Å². The Hall–Kier alpha value is -6.12. The lowest BCUT2D eigenvalue weighted by molar-refractivity contribution is 0.583. The maximum absolute atomic E-state index is 2.64. The maximum atomic E-state index is 2.64. The summed E-state index contributed by atoms with van der Waals surface area (Å²) in [6.45, 7) is 19.0. The van der Waals surface area contributed by atoms with Crippen LogP contribution in [0, 0.1) is 0 Å². The fourth-order valence-electron chi connectivity index (χ4n) is 10.6. The molecule has 0 N–H and O–H groups in total. The van der Waals surface area contributed by atoms with Crippen LogP contribution in [0.4, 0.5) is 0 Å². The number of nitrogens with zero attached hydrogens (tertiary/aromatic N) is 2. The van der Waals surface area contributed by atoms with Crippen LogP contribution < -0.4 is 0 Å². The summed E-state index contributed by atoms with van der Waals surface area (Å²) in [4.78, 5) is 0. The van der Waals surface area contributed by atoms with Gasteiger partial charge in [-0.05, 0) is 119 Å². The molecule has 3 heterocycles. The molecule has 0 unspecified atom stereocenters. The Morgan fingerprint density at radius 2 is 1.04 bits per heavy atom. The smallest absolute Gasteiger partial charge is 0.0582 e. The molecule has 0 saturated heterocycles. The second-order valence-corrected chi connectivity index (χ2v) is 19.5. The Bertz CT molecular complexity index is 3530. The van der Waals surface area contributed by atoms with Crippen LogP contribution in [0.25, 0.3) is 98.1 Å². The topological polar surface area (TPSA) is 9.86 Å². The van der Waals surface area contributed by atoms with Crippen molar-refractivity contribution in [3.8, 4) is 11.4 Å². The number of fused-ring (bicyclic) bond motifs is 10. The van der Waals surface area contributed by atoms with Crippen molar-refractivity contribution in [3.63, 3.8) is 0 Å². The number of para-hydroxylation sites is 1. The molecular formula is C55H46N2. The van der Waals surface area contributed by atoms with Gasteiger partial charge in [-0.3, -0.25) is 0 Å². The van der Waals surface area contributed by atoms with Crippen LogP contribution >= 0.6 is 0 Å². The highest BCUT2D eigenvalue weighted by Gasteiger charge is 2.39. The fourth-order valence-corrected chi connectivity index (χ4v) is 10.6. The number of hydrogen-bond acceptors (Lipinski definition) is 0. The second kappa shape index (κ2) is 10.6. The van der Waals surface area contributed by atoms with Crippen molar-refractivity contribution in [2.24, 2.45) is 0 Å². The third-order valence-electron chi connectivity index (χ3n) is 13.6. The second-order valence-electron chi connectivity index (χ2n) is 19.5. The molecule has 1 aliphatic rings. The van der Waals surface area contributed by atoms with Crippen LogP contribution in [0.1, 0.15) is 77.6 Å². The highest BCUT2D eigenvalue weighted by molar-refractivity contribution is 6.26. The average Bonchev–Trinajstić information content (AvgIpc) is 3.68. The summed E-state index contributed by atoms with van der Waals surface area (Å²) in [5, 5.41) is 15.8. The molecule has 0 radical (unpaired) electrons. The van der Waals surface area contributed by atoms with Crippen molar-refractivity contribution in [1.29, 1.82) is 0 Å². The third kappa shape index (κ3) is 4.31. The fraction of sp³-hybridized carbons (Fsp3) is 0.200. The number of rotatable bonds is 1. The Balaban J connectivity index is 1.25.